The van der Waals surface area contributed by atoms with Crippen LogP contribution in [0.2, 0.25) is 0 Å². The summed E-state index contributed by atoms with van der Waals surface area (Å²) in [7, 11) is 0. The van der Waals surface area contributed by atoms with Gasteiger partial charge in [0.15, 0.2) is 0 Å². The van der Waals surface area contributed by atoms with Crippen LogP contribution in [0.15, 0.2) is 0 Å². The Morgan fingerprint density at radius 2 is 1.57 bits per heavy atom. The second-order valence-corrected chi connectivity index (χ2v) is 5.70. The summed E-state index contributed by atoms with van der Waals surface area (Å²) in [5.41, 5.74) is 6.04. The summed E-state index contributed by atoms with van der Waals surface area (Å²) in [6.07, 6.45) is 7.98. The van der Waals surface area contributed by atoms with Gasteiger partial charge in [-0.15, -0.1) is 0 Å². The third kappa shape index (κ3) is 8.55. The van der Waals surface area contributed by atoms with Gasteiger partial charge in [-0.25, -0.2) is 0 Å². The lowest BCUT2D eigenvalue weighted by Crippen LogP contribution is -2.13. The van der Waals surface area contributed by atoms with E-state index in [0.29, 0.717) is 5.41 Å². The second-order valence-electron chi connectivity index (χ2n) is 5.70. The maximum Gasteiger partial charge on any atom is -0.00771 e. The minimum Gasteiger partial charge on any atom is -0.330 e. The van der Waals surface area contributed by atoms with Crippen LogP contribution in [0, 0.1) is 11.3 Å². The third-order valence-corrected chi connectivity index (χ3v) is 2.94. The van der Waals surface area contributed by atoms with Gasteiger partial charge in [0.05, 0.1) is 0 Å². The average Bonchev–Trinajstić information content (AvgIpc) is 2.09. The van der Waals surface area contributed by atoms with E-state index in [2.05, 4.69) is 27.7 Å². The fourth-order valence-corrected chi connectivity index (χ4v) is 1.86. The summed E-state index contributed by atoms with van der Waals surface area (Å²) in [4.78, 5) is 0. The molecule has 14 heavy (non-hydrogen) atoms. The molecule has 0 aliphatic heterocycles. The van der Waals surface area contributed by atoms with Gasteiger partial charge in [0.2, 0.25) is 0 Å². The first kappa shape index (κ1) is 14.0. The van der Waals surface area contributed by atoms with Crippen LogP contribution in [0.25, 0.3) is 0 Å². The van der Waals surface area contributed by atoms with Gasteiger partial charge in [-0.3, -0.25) is 0 Å². The van der Waals surface area contributed by atoms with Crippen molar-refractivity contribution in [3.63, 3.8) is 0 Å². The molecule has 86 valence electrons. The lowest BCUT2D eigenvalue weighted by atomic mass is 9.82. The van der Waals surface area contributed by atoms with E-state index in [9.17, 15) is 0 Å². The zero-order valence-corrected chi connectivity index (χ0v) is 10.6. The van der Waals surface area contributed by atoms with Crippen LogP contribution in [-0.2, 0) is 0 Å². The molecule has 0 radical (unpaired) electrons. The summed E-state index contributed by atoms with van der Waals surface area (Å²) in [6, 6.07) is 0. The topological polar surface area (TPSA) is 26.0 Å². The summed E-state index contributed by atoms with van der Waals surface area (Å²) in [6.45, 7) is 10.2. The van der Waals surface area contributed by atoms with Crippen molar-refractivity contribution in [1.82, 2.24) is 0 Å². The molecule has 0 fully saturated rings. The molecule has 0 aromatic rings. The van der Waals surface area contributed by atoms with E-state index in [1.165, 1.54) is 38.5 Å². The van der Waals surface area contributed by atoms with Gasteiger partial charge in [-0.05, 0) is 37.1 Å². The van der Waals surface area contributed by atoms with Crippen molar-refractivity contribution >= 4 is 0 Å². The van der Waals surface area contributed by atoms with E-state index < -0.39 is 0 Å². The van der Waals surface area contributed by atoms with E-state index >= 15 is 0 Å². The van der Waals surface area contributed by atoms with Crippen molar-refractivity contribution in [2.45, 2.75) is 66.2 Å². The molecule has 0 heterocycles. The highest BCUT2D eigenvalue weighted by Crippen LogP contribution is 2.29. The maximum absolute atomic E-state index is 5.53. The first-order valence-corrected chi connectivity index (χ1v) is 6.18. The molecule has 0 unspecified atom stereocenters. The summed E-state index contributed by atoms with van der Waals surface area (Å²) >= 11 is 0. The molecule has 0 rings (SSSR count). The van der Waals surface area contributed by atoms with E-state index in [0.717, 1.165) is 12.5 Å². The average molecular weight is 199 g/mol. The Bertz CT molecular complexity index is 127. The summed E-state index contributed by atoms with van der Waals surface area (Å²) in [5, 5.41) is 0. The normalized spacial score (nSPS) is 12.4. The highest BCUT2D eigenvalue weighted by Gasteiger charge is 2.16. The lowest BCUT2D eigenvalue weighted by Gasteiger charge is -2.24. The number of hydrogen-bond donors (Lipinski definition) is 1. The molecule has 2 N–H and O–H groups in total. The van der Waals surface area contributed by atoms with Crippen LogP contribution < -0.4 is 5.73 Å². The number of nitrogens with two attached hydrogens (primary N) is 1. The van der Waals surface area contributed by atoms with Gasteiger partial charge in [-0.1, -0.05) is 47.0 Å². The molecule has 0 aromatic heterocycles. The van der Waals surface area contributed by atoms with Gasteiger partial charge in [0.1, 0.15) is 0 Å². The number of rotatable bonds is 8. The van der Waals surface area contributed by atoms with E-state index in [-0.39, 0.29) is 0 Å². The number of hydrogen-bond acceptors (Lipinski definition) is 1. The second kappa shape index (κ2) is 7.28. The smallest absolute Gasteiger partial charge is 0.00771 e. The van der Waals surface area contributed by atoms with Crippen molar-refractivity contribution in [1.29, 1.82) is 0 Å². The third-order valence-electron chi connectivity index (χ3n) is 2.94. The van der Waals surface area contributed by atoms with Crippen molar-refractivity contribution in [2.24, 2.45) is 17.1 Å². The Balaban J connectivity index is 3.44. The molecule has 0 saturated carbocycles. The fraction of sp³-hybridized carbons (Fsp3) is 1.00. The van der Waals surface area contributed by atoms with Gasteiger partial charge >= 0.3 is 0 Å². The molecule has 0 saturated heterocycles. The minimum atomic E-state index is 0.510. The van der Waals surface area contributed by atoms with Crippen molar-refractivity contribution in [3.8, 4) is 0 Å². The monoisotopic (exact) mass is 199 g/mol. The molecule has 0 bridgehead atoms. The maximum atomic E-state index is 5.53. The molecular weight excluding hydrogens is 170 g/mol. The molecule has 0 aliphatic rings. The van der Waals surface area contributed by atoms with Crippen LogP contribution >= 0.6 is 0 Å². The highest BCUT2D eigenvalue weighted by atomic mass is 14.5. The zero-order chi connectivity index (χ0) is 11.0. The van der Waals surface area contributed by atoms with Crippen LogP contribution in [0.4, 0.5) is 0 Å². The molecule has 0 amide bonds. The van der Waals surface area contributed by atoms with Crippen LogP contribution in [0.3, 0.4) is 0 Å². The summed E-state index contributed by atoms with van der Waals surface area (Å²) < 4.78 is 0. The fourth-order valence-electron chi connectivity index (χ4n) is 1.86. The largest absolute Gasteiger partial charge is 0.330 e. The molecule has 0 spiro atoms. The van der Waals surface area contributed by atoms with Crippen molar-refractivity contribution < 1.29 is 0 Å². The van der Waals surface area contributed by atoms with Crippen molar-refractivity contribution in [3.05, 3.63) is 0 Å². The van der Waals surface area contributed by atoms with Crippen LogP contribution in [0.5, 0.6) is 0 Å². The van der Waals surface area contributed by atoms with Crippen LogP contribution in [-0.4, -0.2) is 6.54 Å². The molecule has 0 aliphatic carbocycles. The standard InChI is InChI=1S/C13H29N/c1-12(2)8-5-6-9-13(3,4)10-7-11-14/h12H,5-11,14H2,1-4H3. The van der Waals surface area contributed by atoms with E-state index in [1.54, 1.807) is 0 Å². The Morgan fingerprint density at radius 3 is 2.07 bits per heavy atom. The lowest BCUT2D eigenvalue weighted by molar-refractivity contribution is 0.286. The Labute approximate surface area is 90.5 Å². The van der Waals surface area contributed by atoms with E-state index in [4.69, 9.17) is 5.73 Å². The predicted molar refractivity (Wildman–Crippen MR) is 65.4 cm³/mol. The highest BCUT2D eigenvalue weighted by molar-refractivity contribution is 4.68. The summed E-state index contributed by atoms with van der Waals surface area (Å²) in [5.74, 6) is 0.863. The Kier molecular flexibility index (Phi) is 7.26. The van der Waals surface area contributed by atoms with Gasteiger partial charge in [-0.2, -0.15) is 0 Å². The Hall–Kier alpha value is -0.0400. The van der Waals surface area contributed by atoms with E-state index in [1.807, 2.05) is 0 Å². The first-order valence-electron chi connectivity index (χ1n) is 6.18. The molecule has 1 heteroatoms. The molecule has 1 nitrogen and oxygen atoms in total. The quantitative estimate of drug-likeness (QED) is 0.588. The van der Waals surface area contributed by atoms with Crippen LogP contribution in [0.1, 0.15) is 66.2 Å². The SMILES string of the molecule is CC(C)CCCCC(C)(C)CCCN. The first-order chi connectivity index (χ1) is 6.48. The molecule has 0 atom stereocenters. The molecule has 0 aromatic carbocycles. The number of unbranched alkanes of at least 4 members (excludes halogenated alkanes) is 1. The zero-order valence-electron chi connectivity index (χ0n) is 10.6. The minimum absolute atomic E-state index is 0.510. The van der Waals surface area contributed by atoms with Gasteiger partial charge in [0.25, 0.3) is 0 Å². The van der Waals surface area contributed by atoms with Gasteiger partial charge < -0.3 is 5.73 Å². The van der Waals surface area contributed by atoms with Gasteiger partial charge in [0, 0.05) is 0 Å². The predicted octanol–water partition coefficient (Wildman–Crippen LogP) is 3.97. The Morgan fingerprint density at radius 1 is 1.00 bits per heavy atom. The molecular formula is C13H29N. The van der Waals surface area contributed by atoms with Crippen molar-refractivity contribution in [2.75, 3.05) is 6.54 Å².